The Kier molecular flexibility index (Phi) is 6.46. The first-order valence-corrected chi connectivity index (χ1v) is 10.5. The average Bonchev–Trinajstić information content (AvgIpc) is 2.89. The molecule has 0 aliphatic carbocycles. The maximum Gasteiger partial charge on any atom is 0.260 e. The summed E-state index contributed by atoms with van der Waals surface area (Å²) in [4.78, 5) is 14.2. The Morgan fingerprint density at radius 2 is 2.00 bits per heavy atom. The summed E-state index contributed by atoms with van der Waals surface area (Å²) in [6, 6.07) is 5.52. The van der Waals surface area contributed by atoms with Gasteiger partial charge in [0, 0.05) is 19.1 Å². The second kappa shape index (κ2) is 8.19. The fourth-order valence-electron chi connectivity index (χ4n) is 3.19. The van der Waals surface area contributed by atoms with Gasteiger partial charge in [-0.05, 0) is 49.4 Å². The zero-order valence-corrected chi connectivity index (χ0v) is 16.2. The lowest BCUT2D eigenvalue weighted by Crippen LogP contribution is -2.41. The number of hydrogen-bond acceptors (Lipinski definition) is 4. The highest BCUT2D eigenvalue weighted by Gasteiger charge is 2.36. The summed E-state index contributed by atoms with van der Waals surface area (Å²) in [6.07, 6.45) is 2.99. The molecule has 140 valence electrons. The Morgan fingerprint density at radius 1 is 1.28 bits per heavy atom. The van der Waals surface area contributed by atoms with Crippen LogP contribution in [0.15, 0.2) is 18.2 Å². The quantitative estimate of drug-likeness (QED) is 0.797. The molecule has 1 saturated heterocycles. The average molecular weight is 368 g/mol. The van der Waals surface area contributed by atoms with Crippen molar-refractivity contribution in [2.75, 3.05) is 26.0 Å². The number of nitrogens with zero attached hydrogens (tertiary/aromatic N) is 1. The Bertz CT molecular complexity index is 718. The van der Waals surface area contributed by atoms with Crippen molar-refractivity contribution in [1.82, 2.24) is 9.62 Å². The standard InChI is InChI=1S/C18H28N2O4S/c1-5-6-15-10-20(11-17(15)19-25(4,22)23)18(21)12-24-16-8-7-13(2)14(3)9-16/h7-9,15,17,19H,5-6,10-12H2,1-4H3. The third kappa shape index (κ3) is 5.71. The van der Waals surface area contributed by atoms with Gasteiger partial charge < -0.3 is 9.64 Å². The minimum atomic E-state index is -3.29. The van der Waals surface area contributed by atoms with Crippen molar-refractivity contribution in [1.29, 1.82) is 0 Å². The summed E-state index contributed by atoms with van der Waals surface area (Å²) in [7, 11) is -3.29. The highest BCUT2D eigenvalue weighted by molar-refractivity contribution is 7.88. The molecule has 6 nitrogen and oxygen atoms in total. The topological polar surface area (TPSA) is 75.7 Å². The van der Waals surface area contributed by atoms with Crippen LogP contribution in [0.1, 0.15) is 30.9 Å². The molecule has 1 aromatic carbocycles. The summed E-state index contributed by atoms with van der Waals surface area (Å²) in [5.74, 6) is 0.703. The van der Waals surface area contributed by atoms with Crippen molar-refractivity contribution in [3.63, 3.8) is 0 Å². The summed E-state index contributed by atoms with van der Waals surface area (Å²) < 4.78 is 31.4. The van der Waals surface area contributed by atoms with Gasteiger partial charge in [-0.3, -0.25) is 4.79 Å². The molecule has 0 saturated carbocycles. The molecule has 25 heavy (non-hydrogen) atoms. The van der Waals surface area contributed by atoms with Crippen molar-refractivity contribution in [3.8, 4) is 5.75 Å². The number of nitrogens with one attached hydrogen (secondary N) is 1. The van der Waals surface area contributed by atoms with Gasteiger partial charge in [0.05, 0.1) is 6.26 Å². The Morgan fingerprint density at radius 3 is 2.60 bits per heavy atom. The van der Waals surface area contributed by atoms with Crippen molar-refractivity contribution in [2.24, 2.45) is 5.92 Å². The van der Waals surface area contributed by atoms with Gasteiger partial charge in [-0.15, -0.1) is 0 Å². The van der Waals surface area contributed by atoms with Gasteiger partial charge in [0.2, 0.25) is 10.0 Å². The molecule has 0 radical (unpaired) electrons. The third-order valence-electron chi connectivity index (χ3n) is 4.66. The van der Waals surface area contributed by atoms with Crippen LogP contribution < -0.4 is 9.46 Å². The molecule has 1 aromatic rings. The van der Waals surface area contributed by atoms with E-state index in [1.165, 1.54) is 5.56 Å². The van der Waals surface area contributed by atoms with Gasteiger partial charge in [0.1, 0.15) is 5.75 Å². The van der Waals surface area contributed by atoms with Crippen molar-refractivity contribution >= 4 is 15.9 Å². The van der Waals surface area contributed by atoms with Crippen LogP contribution in [0.3, 0.4) is 0 Å². The van der Waals surface area contributed by atoms with Crippen LogP contribution in [0, 0.1) is 19.8 Å². The first-order valence-electron chi connectivity index (χ1n) is 8.64. The lowest BCUT2D eigenvalue weighted by molar-refractivity contribution is -0.132. The molecule has 0 spiro atoms. The number of ether oxygens (including phenoxy) is 1. The van der Waals surface area contributed by atoms with E-state index in [2.05, 4.69) is 11.6 Å². The lowest BCUT2D eigenvalue weighted by Gasteiger charge is -2.17. The number of hydrogen-bond donors (Lipinski definition) is 1. The van der Waals surface area contributed by atoms with E-state index in [0.29, 0.717) is 18.8 Å². The van der Waals surface area contributed by atoms with E-state index in [1.807, 2.05) is 32.0 Å². The molecule has 2 atom stereocenters. The fraction of sp³-hybridized carbons (Fsp3) is 0.611. The monoisotopic (exact) mass is 368 g/mol. The van der Waals surface area contributed by atoms with E-state index in [0.717, 1.165) is 24.7 Å². The highest BCUT2D eigenvalue weighted by Crippen LogP contribution is 2.23. The van der Waals surface area contributed by atoms with E-state index in [1.54, 1.807) is 4.90 Å². The molecule has 7 heteroatoms. The van der Waals surface area contributed by atoms with Crippen molar-refractivity contribution < 1.29 is 17.9 Å². The summed E-state index contributed by atoms with van der Waals surface area (Å²) in [6.45, 7) is 7.01. The highest BCUT2D eigenvalue weighted by atomic mass is 32.2. The third-order valence-corrected chi connectivity index (χ3v) is 5.39. The molecule has 2 unspecified atom stereocenters. The second-order valence-corrected chi connectivity index (χ2v) is 8.66. The molecular weight excluding hydrogens is 340 g/mol. The number of sulfonamides is 1. The van der Waals surface area contributed by atoms with Gasteiger partial charge in [-0.25, -0.2) is 13.1 Å². The Labute approximate surface area is 150 Å². The van der Waals surface area contributed by atoms with Gasteiger partial charge >= 0.3 is 0 Å². The van der Waals surface area contributed by atoms with Crippen LogP contribution in [-0.2, 0) is 14.8 Å². The van der Waals surface area contributed by atoms with Gasteiger partial charge in [0.15, 0.2) is 6.61 Å². The molecule has 0 aromatic heterocycles. The number of aryl methyl sites for hydroxylation is 2. The normalized spacial score (nSPS) is 20.7. The molecule has 1 fully saturated rings. The van der Waals surface area contributed by atoms with E-state index in [-0.39, 0.29) is 24.5 Å². The van der Waals surface area contributed by atoms with Gasteiger partial charge in [-0.2, -0.15) is 0 Å². The Hall–Kier alpha value is -1.60. The van der Waals surface area contributed by atoms with Gasteiger partial charge in [0.25, 0.3) is 5.91 Å². The zero-order valence-electron chi connectivity index (χ0n) is 15.4. The molecule has 2 rings (SSSR count). The van der Waals surface area contributed by atoms with Crippen LogP contribution in [0.5, 0.6) is 5.75 Å². The number of carbonyl (C=O) groups excluding carboxylic acids is 1. The predicted octanol–water partition coefficient (Wildman–Crippen LogP) is 1.86. The molecule has 1 aliphatic rings. The zero-order chi connectivity index (χ0) is 18.6. The van der Waals surface area contributed by atoms with Crippen molar-refractivity contribution in [2.45, 2.75) is 39.7 Å². The minimum absolute atomic E-state index is 0.0348. The number of carbonyl (C=O) groups is 1. The first-order chi connectivity index (χ1) is 11.7. The number of rotatable bonds is 7. The summed E-state index contributed by atoms with van der Waals surface area (Å²) in [5.41, 5.74) is 2.29. The van der Waals surface area contributed by atoms with Crippen LogP contribution in [-0.4, -0.2) is 51.2 Å². The molecule has 1 N–H and O–H groups in total. The lowest BCUT2D eigenvalue weighted by atomic mass is 9.99. The number of amides is 1. The number of benzene rings is 1. The largest absolute Gasteiger partial charge is 0.484 e. The predicted molar refractivity (Wildman–Crippen MR) is 98.2 cm³/mol. The van der Waals surface area contributed by atoms with Gasteiger partial charge in [-0.1, -0.05) is 19.4 Å². The van der Waals surface area contributed by atoms with Crippen LogP contribution >= 0.6 is 0 Å². The smallest absolute Gasteiger partial charge is 0.260 e. The molecule has 1 heterocycles. The Balaban J connectivity index is 1.95. The van der Waals surface area contributed by atoms with Crippen LogP contribution in [0.2, 0.25) is 0 Å². The molecule has 1 aliphatic heterocycles. The molecule has 0 bridgehead atoms. The SMILES string of the molecule is CCCC1CN(C(=O)COc2ccc(C)c(C)c2)CC1NS(C)(=O)=O. The van der Waals surface area contributed by atoms with Crippen LogP contribution in [0.25, 0.3) is 0 Å². The fourth-order valence-corrected chi connectivity index (χ4v) is 4.00. The first kappa shape index (κ1) is 19.7. The van der Waals surface area contributed by atoms with Crippen LogP contribution in [0.4, 0.5) is 0 Å². The maximum absolute atomic E-state index is 12.5. The minimum Gasteiger partial charge on any atom is -0.484 e. The van der Waals surface area contributed by atoms with E-state index >= 15 is 0 Å². The number of likely N-dealkylation sites (tertiary alicyclic amines) is 1. The van der Waals surface area contributed by atoms with E-state index in [4.69, 9.17) is 4.74 Å². The molecule has 1 amide bonds. The summed E-state index contributed by atoms with van der Waals surface area (Å²) in [5, 5.41) is 0. The van der Waals surface area contributed by atoms with Crippen molar-refractivity contribution in [3.05, 3.63) is 29.3 Å². The molecular formula is C18H28N2O4S. The van der Waals surface area contributed by atoms with E-state index < -0.39 is 10.0 Å². The second-order valence-electron chi connectivity index (χ2n) is 6.88. The maximum atomic E-state index is 12.5. The summed E-state index contributed by atoms with van der Waals surface area (Å²) >= 11 is 0. The van der Waals surface area contributed by atoms with E-state index in [9.17, 15) is 13.2 Å².